The van der Waals surface area contributed by atoms with Gasteiger partial charge in [-0.2, -0.15) is 0 Å². The summed E-state index contributed by atoms with van der Waals surface area (Å²) in [5.74, 6) is -0.709. The summed E-state index contributed by atoms with van der Waals surface area (Å²) >= 11 is 0. The molecule has 1 amide bonds. The Labute approximate surface area is 428 Å². The average Bonchev–Trinajstić information content (AvgIpc) is 3.36. The van der Waals surface area contributed by atoms with Crippen LogP contribution in [0.1, 0.15) is 264 Å². The largest absolute Gasteiger partial charge is 0.394 e. The SMILES string of the molecule is CCCCCCCCCCCCCC/C=C/CC/C=C/CC/C=C/CCCC(O)C(O)C(COC1OC(CO)C(O)C(O)C1O)NC(=O)C(O)CCCCCCCCCCCCCCCCCCCC. The minimum atomic E-state index is -1.67. The van der Waals surface area contributed by atoms with Crippen LogP contribution in [0.2, 0.25) is 0 Å². The average molecular weight is 995 g/mol. The number of allylic oxidation sites excluding steroid dienone is 6. The second-order valence-electron chi connectivity index (χ2n) is 20.7. The third-order valence-corrected chi connectivity index (χ3v) is 14.2. The Balaban J connectivity index is 2.35. The zero-order valence-electron chi connectivity index (χ0n) is 45.0. The Morgan fingerprint density at radius 2 is 0.857 bits per heavy atom. The molecule has 0 saturated carbocycles. The van der Waals surface area contributed by atoms with Gasteiger partial charge >= 0.3 is 0 Å². The van der Waals surface area contributed by atoms with E-state index in [4.69, 9.17) is 9.47 Å². The molecule has 1 heterocycles. The number of aliphatic hydroxyl groups excluding tert-OH is 7. The lowest BCUT2D eigenvalue weighted by Crippen LogP contribution is -2.60. The number of amides is 1. The van der Waals surface area contributed by atoms with Gasteiger partial charge in [0.2, 0.25) is 5.91 Å². The molecule has 11 nitrogen and oxygen atoms in total. The van der Waals surface area contributed by atoms with Gasteiger partial charge in [-0.3, -0.25) is 4.79 Å². The molecule has 8 N–H and O–H groups in total. The smallest absolute Gasteiger partial charge is 0.249 e. The quantitative estimate of drug-likeness (QED) is 0.0215. The van der Waals surface area contributed by atoms with Crippen LogP contribution >= 0.6 is 0 Å². The second kappa shape index (κ2) is 48.3. The van der Waals surface area contributed by atoms with E-state index in [1.807, 2.05) is 0 Å². The number of ether oxygens (including phenoxy) is 2. The van der Waals surface area contributed by atoms with E-state index in [9.17, 15) is 40.5 Å². The molecule has 1 fully saturated rings. The predicted octanol–water partition coefficient (Wildman–Crippen LogP) is 12.3. The van der Waals surface area contributed by atoms with Crippen molar-refractivity contribution in [2.75, 3.05) is 13.2 Å². The van der Waals surface area contributed by atoms with Gasteiger partial charge in [0.25, 0.3) is 0 Å². The molecule has 412 valence electrons. The number of carbonyl (C=O) groups excluding carboxylic acids is 1. The van der Waals surface area contributed by atoms with E-state index in [1.165, 1.54) is 173 Å². The van der Waals surface area contributed by atoms with Gasteiger partial charge in [0.05, 0.1) is 25.4 Å². The van der Waals surface area contributed by atoms with Crippen LogP contribution in [0, 0.1) is 0 Å². The van der Waals surface area contributed by atoms with Crippen molar-refractivity contribution >= 4 is 5.91 Å². The highest BCUT2D eigenvalue weighted by Gasteiger charge is 2.44. The van der Waals surface area contributed by atoms with Gasteiger partial charge in [-0.05, 0) is 64.2 Å². The van der Waals surface area contributed by atoms with E-state index in [0.717, 1.165) is 44.9 Å². The summed E-state index contributed by atoms with van der Waals surface area (Å²) in [6, 6.07) is -1.19. The van der Waals surface area contributed by atoms with E-state index < -0.39 is 74.2 Å². The summed E-state index contributed by atoms with van der Waals surface area (Å²) in [4.78, 5) is 13.2. The maximum atomic E-state index is 13.2. The van der Waals surface area contributed by atoms with Crippen molar-refractivity contribution in [3.8, 4) is 0 Å². The number of hydrogen-bond acceptors (Lipinski definition) is 10. The summed E-state index contributed by atoms with van der Waals surface area (Å²) in [5, 5.41) is 76.1. The maximum Gasteiger partial charge on any atom is 0.249 e. The maximum absolute atomic E-state index is 13.2. The van der Waals surface area contributed by atoms with Crippen LogP contribution in [-0.2, 0) is 14.3 Å². The fraction of sp³-hybridized carbons (Fsp3) is 0.881. The van der Waals surface area contributed by atoms with Crippen LogP contribution in [-0.4, -0.2) is 110 Å². The van der Waals surface area contributed by atoms with Crippen LogP contribution in [0.25, 0.3) is 0 Å². The molecular weight excluding hydrogens is 883 g/mol. The Morgan fingerprint density at radius 3 is 1.27 bits per heavy atom. The first-order valence-corrected chi connectivity index (χ1v) is 29.4. The highest BCUT2D eigenvalue weighted by Crippen LogP contribution is 2.23. The molecule has 11 heteroatoms. The first-order valence-electron chi connectivity index (χ1n) is 29.4. The van der Waals surface area contributed by atoms with Crippen molar-refractivity contribution in [1.82, 2.24) is 5.32 Å². The van der Waals surface area contributed by atoms with Gasteiger partial charge in [0.15, 0.2) is 6.29 Å². The van der Waals surface area contributed by atoms with E-state index in [0.29, 0.717) is 19.3 Å². The molecule has 0 spiro atoms. The van der Waals surface area contributed by atoms with Crippen molar-refractivity contribution in [1.29, 1.82) is 0 Å². The molecule has 1 aliphatic heterocycles. The van der Waals surface area contributed by atoms with Crippen LogP contribution in [0.4, 0.5) is 0 Å². The molecule has 0 aromatic heterocycles. The summed E-state index contributed by atoms with van der Waals surface area (Å²) in [7, 11) is 0. The molecule has 9 atom stereocenters. The molecule has 0 radical (unpaired) electrons. The number of aliphatic hydroxyl groups is 7. The lowest BCUT2D eigenvalue weighted by Gasteiger charge is -2.40. The molecule has 0 aromatic rings. The topological polar surface area (TPSA) is 189 Å². The van der Waals surface area contributed by atoms with Crippen LogP contribution in [0.5, 0.6) is 0 Å². The van der Waals surface area contributed by atoms with Gasteiger partial charge in [0.1, 0.15) is 36.6 Å². The van der Waals surface area contributed by atoms with Gasteiger partial charge in [-0.15, -0.1) is 0 Å². The lowest BCUT2D eigenvalue weighted by molar-refractivity contribution is -0.303. The van der Waals surface area contributed by atoms with Crippen LogP contribution in [0.15, 0.2) is 36.5 Å². The Bertz CT molecular complexity index is 1230. The monoisotopic (exact) mass is 994 g/mol. The van der Waals surface area contributed by atoms with Crippen molar-refractivity contribution in [3.05, 3.63) is 36.5 Å². The van der Waals surface area contributed by atoms with Crippen LogP contribution in [0.3, 0.4) is 0 Å². The predicted molar refractivity (Wildman–Crippen MR) is 289 cm³/mol. The second-order valence-corrected chi connectivity index (χ2v) is 20.7. The van der Waals surface area contributed by atoms with E-state index in [-0.39, 0.29) is 12.8 Å². The minimum Gasteiger partial charge on any atom is -0.394 e. The van der Waals surface area contributed by atoms with Gasteiger partial charge < -0.3 is 50.5 Å². The molecule has 0 aliphatic carbocycles. The number of carbonyl (C=O) groups is 1. The van der Waals surface area contributed by atoms with Gasteiger partial charge in [0, 0.05) is 0 Å². The molecule has 0 bridgehead atoms. The summed E-state index contributed by atoms with van der Waals surface area (Å²) < 4.78 is 11.1. The normalized spacial score (nSPS) is 20.5. The lowest BCUT2D eigenvalue weighted by atomic mass is 9.98. The van der Waals surface area contributed by atoms with Crippen molar-refractivity contribution in [3.63, 3.8) is 0 Å². The molecule has 9 unspecified atom stereocenters. The zero-order chi connectivity index (χ0) is 51.1. The molecule has 1 aliphatic rings. The number of nitrogens with one attached hydrogen (secondary N) is 1. The highest BCUT2D eigenvalue weighted by atomic mass is 16.7. The Hall–Kier alpha value is -1.67. The summed E-state index contributed by atoms with van der Waals surface area (Å²) in [5.41, 5.74) is 0. The van der Waals surface area contributed by atoms with Crippen molar-refractivity contribution in [2.45, 2.75) is 319 Å². The standard InChI is InChI=1S/C59H111NO10/c1-3-5-7-9-11-13-15-17-19-21-23-24-25-26-27-28-29-31-32-34-36-38-40-42-44-46-51(62)54(64)50(49-69-59-57(67)56(66)55(65)53(48-61)70-59)60-58(68)52(63)47-45-43-41-39-37-35-33-30-22-20-18-16-14-12-10-8-6-4-2/h26-27,31-32,38,40,50-57,59,61-67H,3-25,28-30,33-37,39,41-49H2,1-2H3,(H,60,68)/b27-26+,32-31+,40-38+. The van der Waals surface area contributed by atoms with Gasteiger partial charge in [-0.1, -0.05) is 237 Å². The van der Waals surface area contributed by atoms with E-state index in [2.05, 4.69) is 55.6 Å². The summed E-state index contributed by atoms with van der Waals surface area (Å²) in [6.07, 6.45) is 47.7. The number of rotatable bonds is 50. The molecule has 70 heavy (non-hydrogen) atoms. The minimum absolute atomic E-state index is 0.243. The van der Waals surface area contributed by atoms with Crippen molar-refractivity contribution < 1.29 is 50.0 Å². The fourth-order valence-electron chi connectivity index (χ4n) is 9.36. The number of unbranched alkanes of at least 4 members (excludes halogenated alkanes) is 32. The highest BCUT2D eigenvalue weighted by molar-refractivity contribution is 5.80. The van der Waals surface area contributed by atoms with Crippen molar-refractivity contribution in [2.24, 2.45) is 0 Å². The first-order chi connectivity index (χ1) is 34.2. The van der Waals surface area contributed by atoms with E-state index in [1.54, 1.807) is 0 Å². The van der Waals surface area contributed by atoms with Crippen LogP contribution < -0.4 is 5.32 Å². The molecule has 1 saturated heterocycles. The summed E-state index contributed by atoms with van der Waals surface area (Å²) in [6.45, 7) is 3.46. The molecular formula is C59H111NO10. The molecule has 1 rings (SSSR count). The third-order valence-electron chi connectivity index (χ3n) is 14.2. The Morgan fingerprint density at radius 1 is 0.486 bits per heavy atom. The van der Waals surface area contributed by atoms with E-state index >= 15 is 0 Å². The van der Waals surface area contributed by atoms with Gasteiger partial charge in [-0.25, -0.2) is 0 Å². The molecule has 0 aromatic carbocycles. The fourth-order valence-corrected chi connectivity index (χ4v) is 9.36. The Kier molecular flexibility index (Phi) is 45.8. The zero-order valence-corrected chi connectivity index (χ0v) is 45.0. The number of hydrogen-bond donors (Lipinski definition) is 8. The third kappa shape index (κ3) is 36.3. The first kappa shape index (κ1) is 66.3.